The van der Waals surface area contributed by atoms with Crippen molar-refractivity contribution in [2.45, 2.75) is 40.0 Å². The summed E-state index contributed by atoms with van der Waals surface area (Å²) in [4.78, 5) is 4.71. The largest absolute Gasteiger partial charge is 0.496 e. The van der Waals surface area contributed by atoms with Gasteiger partial charge in [-0.05, 0) is 30.9 Å². The van der Waals surface area contributed by atoms with Gasteiger partial charge in [-0.1, -0.05) is 39.0 Å². The second-order valence-corrected chi connectivity index (χ2v) is 6.61. The molecule has 0 aromatic heterocycles. The van der Waals surface area contributed by atoms with E-state index in [4.69, 9.17) is 14.5 Å². The summed E-state index contributed by atoms with van der Waals surface area (Å²) >= 11 is 0. The highest BCUT2D eigenvalue weighted by Gasteiger charge is 2.10. The van der Waals surface area contributed by atoms with Crippen LogP contribution in [0.5, 0.6) is 5.75 Å². The van der Waals surface area contributed by atoms with E-state index in [0.717, 1.165) is 44.4 Å². The van der Waals surface area contributed by atoms with E-state index in [1.54, 1.807) is 7.11 Å². The Hall–Kier alpha value is -1.02. The first kappa shape index (κ1) is 25.0. The Morgan fingerprint density at radius 2 is 1.88 bits per heavy atom. The minimum absolute atomic E-state index is 0. The van der Waals surface area contributed by atoms with Crippen molar-refractivity contribution in [1.82, 2.24) is 10.6 Å². The molecule has 5 nitrogen and oxygen atoms in total. The van der Waals surface area contributed by atoms with Crippen molar-refractivity contribution in [3.8, 4) is 5.75 Å². The molecule has 6 heteroatoms. The molecule has 26 heavy (non-hydrogen) atoms. The third kappa shape index (κ3) is 10.2. The molecule has 150 valence electrons. The van der Waals surface area contributed by atoms with Crippen LogP contribution in [0.25, 0.3) is 0 Å². The fourth-order valence-electron chi connectivity index (χ4n) is 2.44. The first-order valence-electron chi connectivity index (χ1n) is 9.31. The van der Waals surface area contributed by atoms with Crippen LogP contribution in [-0.4, -0.2) is 45.9 Å². The minimum Gasteiger partial charge on any atom is -0.496 e. The summed E-state index contributed by atoms with van der Waals surface area (Å²) in [6.07, 6.45) is 0.971. The molecule has 0 saturated heterocycles. The topological polar surface area (TPSA) is 54.9 Å². The molecule has 0 radical (unpaired) electrons. The average Bonchev–Trinajstić information content (AvgIpc) is 2.61. The van der Waals surface area contributed by atoms with Crippen LogP contribution in [0.1, 0.15) is 45.6 Å². The van der Waals surface area contributed by atoms with E-state index in [1.165, 1.54) is 5.56 Å². The molecule has 2 N–H and O–H groups in total. The summed E-state index contributed by atoms with van der Waals surface area (Å²) in [7, 11) is 1.71. The number of methoxy groups -OCH3 is 1. The first-order valence-corrected chi connectivity index (χ1v) is 9.31. The molecule has 0 aliphatic heterocycles. The molecule has 0 aliphatic carbocycles. The smallest absolute Gasteiger partial charge is 0.191 e. The Labute approximate surface area is 176 Å². The van der Waals surface area contributed by atoms with Crippen LogP contribution in [-0.2, 0) is 4.74 Å². The van der Waals surface area contributed by atoms with Gasteiger partial charge < -0.3 is 20.1 Å². The van der Waals surface area contributed by atoms with Gasteiger partial charge in [-0.15, -0.1) is 24.0 Å². The second-order valence-electron chi connectivity index (χ2n) is 6.61. The fraction of sp³-hybridized carbons (Fsp3) is 0.650. The maximum atomic E-state index is 5.60. The van der Waals surface area contributed by atoms with Gasteiger partial charge in [0.1, 0.15) is 5.75 Å². The van der Waals surface area contributed by atoms with Crippen LogP contribution in [0.15, 0.2) is 29.3 Å². The molecular weight excluding hydrogens is 441 g/mol. The molecule has 1 atom stereocenters. The normalized spacial score (nSPS) is 12.5. The molecule has 0 bridgehead atoms. The SMILES string of the molecule is CCNC(=NCC(C)c1ccccc1OC)NCCCOCC(C)C.I. The van der Waals surface area contributed by atoms with Crippen molar-refractivity contribution >= 4 is 29.9 Å². The lowest BCUT2D eigenvalue weighted by Crippen LogP contribution is -2.38. The second kappa shape index (κ2) is 15.1. The fourth-order valence-corrected chi connectivity index (χ4v) is 2.44. The lowest BCUT2D eigenvalue weighted by atomic mass is 10.0. The number of aliphatic imine (C=N–C) groups is 1. The maximum absolute atomic E-state index is 5.60. The standard InChI is InChI=1S/C20H35N3O2.HI/c1-6-21-20(22-12-9-13-25-15-16(2)3)23-14-17(4)18-10-7-8-11-19(18)24-5;/h7-8,10-11,16-17H,6,9,12-15H2,1-5H3,(H2,21,22,23);1H. The summed E-state index contributed by atoms with van der Waals surface area (Å²) in [6, 6.07) is 8.13. The summed E-state index contributed by atoms with van der Waals surface area (Å²) in [5.41, 5.74) is 1.19. The van der Waals surface area contributed by atoms with E-state index < -0.39 is 0 Å². The third-order valence-electron chi connectivity index (χ3n) is 3.75. The van der Waals surface area contributed by atoms with Crippen molar-refractivity contribution in [1.29, 1.82) is 0 Å². The molecule has 1 aromatic rings. The molecule has 1 rings (SSSR count). The zero-order valence-electron chi connectivity index (χ0n) is 16.9. The van der Waals surface area contributed by atoms with Crippen LogP contribution >= 0.6 is 24.0 Å². The summed E-state index contributed by atoms with van der Waals surface area (Å²) in [5, 5.41) is 6.67. The Morgan fingerprint density at radius 1 is 1.15 bits per heavy atom. The van der Waals surface area contributed by atoms with Gasteiger partial charge in [0, 0.05) is 38.8 Å². The lowest BCUT2D eigenvalue weighted by Gasteiger charge is -2.16. The molecule has 0 aliphatic rings. The number of hydrogen-bond donors (Lipinski definition) is 2. The number of benzene rings is 1. The highest BCUT2D eigenvalue weighted by molar-refractivity contribution is 14.0. The van der Waals surface area contributed by atoms with Crippen LogP contribution in [0, 0.1) is 5.92 Å². The minimum atomic E-state index is 0. The number of ether oxygens (including phenoxy) is 2. The number of para-hydroxylation sites is 1. The van der Waals surface area contributed by atoms with E-state index in [0.29, 0.717) is 18.4 Å². The van der Waals surface area contributed by atoms with Gasteiger partial charge in [-0.3, -0.25) is 4.99 Å². The number of nitrogens with zero attached hydrogens (tertiary/aromatic N) is 1. The Kier molecular flexibility index (Phi) is 14.5. The molecule has 0 heterocycles. The Balaban J connectivity index is 0.00000625. The molecule has 1 unspecified atom stereocenters. The highest BCUT2D eigenvalue weighted by Crippen LogP contribution is 2.26. The monoisotopic (exact) mass is 477 g/mol. The quantitative estimate of drug-likeness (QED) is 0.219. The van der Waals surface area contributed by atoms with Gasteiger partial charge in [0.25, 0.3) is 0 Å². The Morgan fingerprint density at radius 3 is 2.54 bits per heavy atom. The molecular formula is C20H36IN3O2. The van der Waals surface area contributed by atoms with E-state index in [2.05, 4.69) is 44.4 Å². The van der Waals surface area contributed by atoms with Crippen molar-refractivity contribution < 1.29 is 9.47 Å². The molecule has 0 amide bonds. The zero-order valence-corrected chi connectivity index (χ0v) is 19.2. The molecule has 1 aromatic carbocycles. The molecule has 0 spiro atoms. The number of rotatable bonds is 11. The van der Waals surface area contributed by atoms with Crippen molar-refractivity contribution in [2.75, 3.05) is 40.0 Å². The first-order chi connectivity index (χ1) is 12.1. The third-order valence-corrected chi connectivity index (χ3v) is 3.75. The number of hydrogen-bond acceptors (Lipinski definition) is 3. The van der Waals surface area contributed by atoms with Gasteiger partial charge in [-0.25, -0.2) is 0 Å². The highest BCUT2D eigenvalue weighted by atomic mass is 127. The van der Waals surface area contributed by atoms with E-state index in [9.17, 15) is 0 Å². The number of guanidine groups is 1. The molecule has 0 saturated carbocycles. The average molecular weight is 477 g/mol. The Bertz CT molecular complexity index is 510. The van der Waals surface area contributed by atoms with Gasteiger partial charge in [-0.2, -0.15) is 0 Å². The van der Waals surface area contributed by atoms with Crippen molar-refractivity contribution in [3.05, 3.63) is 29.8 Å². The van der Waals surface area contributed by atoms with Crippen LogP contribution in [0.4, 0.5) is 0 Å². The van der Waals surface area contributed by atoms with Crippen molar-refractivity contribution in [3.63, 3.8) is 0 Å². The maximum Gasteiger partial charge on any atom is 0.191 e. The van der Waals surface area contributed by atoms with Crippen molar-refractivity contribution in [2.24, 2.45) is 10.9 Å². The molecule has 0 fully saturated rings. The predicted octanol–water partition coefficient (Wildman–Crippen LogP) is 4.03. The summed E-state index contributed by atoms with van der Waals surface area (Å²) in [5.74, 6) is 2.66. The van der Waals surface area contributed by atoms with Gasteiger partial charge >= 0.3 is 0 Å². The van der Waals surface area contributed by atoms with Crippen LogP contribution < -0.4 is 15.4 Å². The van der Waals surface area contributed by atoms with Gasteiger partial charge in [0.05, 0.1) is 7.11 Å². The predicted molar refractivity (Wildman–Crippen MR) is 121 cm³/mol. The van der Waals surface area contributed by atoms with E-state index >= 15 is 0 Å². The lowest BCUT2D eigenvalue weighted by molar-refractivity contribution is 0.108. The number of halogens is 1. The van der Waals surface area contributed by atoms with Crippen LogP contribution in [0.2, 0.25) is 0 Å². The number of nitrogens with one attached hydrogen (secondary N) is 2. The van der Waals surface area contributed by atoms with Gasteiger partial charge in [0.15, 0.2) is 5.96 Å². The van der Waals surface area contributed by atoms with Gasteiger partial charge in [0.2, 0.25) is 0 Å². The summed E-state index contributed by atoms with van der Waals surface area (Å²) in [6.45, 7) is 12.6. The summed E-state index contributed by atoms with van der Waals surface area (Å²) < 4.78 is 11.1. The van der Waals surface area contributed by atoms with Crippen LogP contribution in [0.3, 0.4) is 0 Å². The van der Waals surface area contributed by atoms with E-state index in [1.807, 2.05) is 18.2 Å². The zero-order chi connectivity index (χ0) is 18.5. The van der Waals surface area contributed by atoms with E-state index in [-0.39, 0.29) is 24.0 Å².